The third-order valence-corrected chi connectivity index (χ3v) is 6.94. The number of rotatable bonds is 3. The van der Waals surface area contributed by atoms with E-state index in [1.165, 1.54) is 41.6 Å². The minimum absolute atomic E-state index is 0.412. The maximum atomic E-state index is 3.90. The van der Waals surface area contributed by atoms with E-state index in [0.717, 1.165) is 13.1 Å². The number of nitrogens with zero attached hydrogens (tertiary/aromatic N) is 1. The molecule has 1 atom stereocenters. The fourth-order valence-corrected chi connectivity index (χ4v) is 5.35. The Bertz CT molecular complexity index is 451. The molecule has 1 unspecified atom stereocenters. The predicted octanol–water partition coefficient (Wildman–Crippen LogP) is 4.25. The molecule has 20 heavy (non-hydrogen) atoms. The average molecular weight is 357 g/mol. The minimum atomic E-state index is 0.412. The van der Waals surface area contributed by atoms with E-state index in [1.807, 2.05) is 11.3 Å². The van der Waals surface area contributed by atoms with Gasteiger partial charge >= 0.3 is 0 Å². The predicted molar refractivity (Wildman–Crippen MR) is 90.3 cm³/mol. The van der Waals surface area contributed by atoms with Gasteiger partial charge in [0.1, 0.15) is 0 Å². The zero-order chi connectivity index (χ0) is 14.2. The van der Waals surface area contributed by atoms with E-state index in [9.17, 15) is 0 Å². The molecule has 2 aliphatic rings. The Morgan fingerprint density at radius 2 is 2.20 bits per heavy atom. The second-order valence-corrected chi connectivity index (χ2v) is 8.63. The third kappa shape index (κ3) is 2.99. The molecule has 3 rings (SSSR count). The second-order valence-electron chi connectivity index (χ2n) is 6.78. The van der Waals surface area contributed by atoms with E-state index in [2.05, 4.69) is 51.4 Å². The van der Waals surface area contributed by atoms with Crippen molar-refractivity contribution in [3.05, 3.63) is 20.8 Å². The molecule has 0 radical (unpaired) electrons. The Kier molecular flexibility index (Phi) is 4.56. The van der Waals surface area contributed by atoms with Crippen molar-refractivity contribution >= 4 is 27.3 Å². The Morgan fingerprint density at radius 3 is 2.80 bits per heavy atom. The Morgan fingerprint density at radius 1 is 1.45 bits per heavy atom. The molecule has 2 nitrogen and oxygen atoms in total. The smallest absolute Gasteiger partial charge is 0.0343 e. The van der Waals surface area contributed by atoms with Gasteiger partial charge < -0.3 is 5.32 Å². The lowest BCUT2D eigenvalue weighted by Gasteiger charge is -2.48. The molecule has 1 saturated heterocycles. The van der Waals surface area contributed by atoms with Gasteiger partial charge in [0.05, 0.1) is 0 Å². The van der Waals surface area contributed by atoms with Gasteiger partial charge in [-0.05, 0) is 46.1 Å². The van der Waals surface area contributed by atoms with Crippen LogP contribution in [0.5, 0.6) is 0 Å². The van der Waals surface area contributed by atoms with E-state index in [0.29, 0.717) is 17.5 Å². The zero-order valence-electron chi connectivity index (χ0n) is 12.5. The van der Waals surface area contributed by atoms with Gasteiger partial charge in [0.2, 0.25) is 0 Å². The quantitative estimate of drug-likeness (QED) is 0.870. The highest BCUT2D eigenvalue weighted by atomic mass is 79.9. The standard InChI is InChI=1S/C16H25BrN2S/c1-12(2)14-9-18-16(6-3-4-7-16)11-19(14)10-15-13(17)5-8-20-15/h5,8,12,14,18H,3-4,6-7,9-11H2,1-2H3. The molecule has 0 bridgehead atoms. The van der Waals surface area contributed by atoms with Crippen molar-refractivity contribution in [1.29, 1.82) is 0 Å². The van der Waals surface area contributed by atoms with Gasteiger partial charge in [-0.3, -0.25) is 4.90 Å². The minimum Gasteiger partial charge on any atom is -0.308 e. The van der Waals surface area contributed by atoms with Gasteiger partial charge in [-0.1, -0.05) is 26.7 Å². The molecule has 1 N–H and O–H groups in total. The third-order valence-electron chi connectivity index (χ3n) is 5.03. The van der Waals surface area contributed by atoms with Gasteiger partial charge in [-0.2, -0.15) is 0 Å². The van der Waals surface area contributed by atoms with Crippen molar-refractivity contribution in [1.82, 2.24) is 10.2 Å². The van der Waals surface area contributed by atoms with E-state index >= 15 is 0 Å². The molecule has 1 spiro atoms. The van der Waals surface area contributed by atoms with Gasteiger partial charge in [0.15, 0.2) is 0 Å². The maximum Gasteiger partial charge on any atom is 0.0343 e. The highest BCUT2D eigenvalue weighted by Gasteiger charge is 2.41. The molecule has 4 heteroatoms. The van der Waals surface area contributed by atoms with Crippen molar-refractivity contribution in [3.63, 3.8) is 0 Å². The molecule has 1 aromatic heterocycles. The van der Waals surface area contributed by atoms with E-state index in [-0.39, 0.29) is 0 Å². The van der Waals surface area contributed by atoms with E-state index in [1.54, 1.807) is 0 Å². The molecule has 1 saturated carbocycles. The monoisotopic (exact) mass is 356 g/mol. The lowest BCUT2D eigenvalue weighted by Crippen LogP contribution is -2.63. The van der Waals surface area contributed by atoms with Crippen LogP contribution in [0.15, 0.2) is 15.9 Å². The number of hydrogen-bond acceptors (Lipinski definition) is 3. The van der Waals surface area contributed by atoms with Crippen LogP contribution in [0.3, 0.4) is 0 Å². The van der Waals surface area contributed by atoms with Crippen LogP contribution in [0, 0.1) is 5.92 Å². The summed E-state index contributed by atoms with van der Waals surface area (Å²) in [6.07, 6.45) is 5.52. The molecule has 2 fully saturated rings. The summed E-state index contributed by atoms with van der Waals surface area (Å²) in [5.41, 5.74) is 0.412. The number of halogens is 1. The Balaban J connectivity index is 1.77. The molecule has 0 aromatic carbocycles. The highest BCUT2D eigenvalue weighted by Crippen LogP contribution is 2.36. The number of piperazine rings is 1. The summed E-state index contributed by atoms with van der Waals surface area (Å²) < 4.78 is 1.28. The summed E-state index contributed by atoms with van der Waals surface area (Å²) in [5, 5.41) is 6.09. The van der Waals surface area contributed by atoms with Gasteiger partial charge in [-0.15, -0.1) is 11.3 Å². The second kappa shape index (κ2) is 6.07. The van der Waals surface area contributed by atoms with Crippen molar-refractivity contribution in [2.24, 2.45) is 5.92 Å². The van der Waals surface area contributed by atoms with Crippen molar-refractivity contribution in [3.8, 4) is 0 Å². The van der Waals surface area contributed by atoms with Crippen LogP contribution in [0.2, 0.25) is 0 Å². The fourth-order valence-electron chi connectivity index (χ4n) is 3.85. The first-order valence-electron chi connectivity index (χ1n) is 7.81. The van der Waals surface area contributed by atoms with Gasteiger partial charge in [0, 0.05) is 40.6 Å². The lowest BCUT2D eigenvalue weighted by molar-refractivity contribution is 0.0513. The van der Waals surface area contributed by atoms with Crippen molar-refractivity contribution in [2.75, 3.05) is 13.1 Å². The molecule has 1 aromatic rings. The van der Waals surface area contributed by atoms with Crippen LogP contribution < -0.4 is 5.32 Å². The summed E-state index contributed by atoms with van der Waals surface area (Å²) in [6.45, 7) is 8.19. The van der Waals surface area contributed by atoms with Crippen LogP contribution in [-0.2, 0) is 6.54 Å². The molecule has 2 heterocycles. The molecule has 1 aliphatic carbocycles. The molecule has 112 valence electrons. The summed E-state index contributed by atoms with van der Waals surface area (Å²) in [5.74, 6) is 0.708. The largest absolute Gasteiger partial charge is 0.308 e. The average Bonchev–Trinajstić information content (AvgIpc) is 3.00. The molecular weight excluding hydrogens is 332 g/mol. The summed E-state index contributed by atoms with van der Waals surface area (Å²) in [7, 11) is 0. The molecular formula is C16H25BrN2S. The first-order chi connectivity index (χ1) is 9.60. The highest BCUT2D eigenvalue weighted by molar-refractivity contribution is 9.10. The maximum absolute atomic E-state index is 3.90. The van der Waals surface area contributed by atoms with Crippen LogP contribution in [-0.4, -0.2) is 29.6 Å². The van der Waals surface area contributed by atoms with Gasteiger partial charge in [0.25, 0.3) is 0 Å². The number of thiophene rings is 1. The summed E-state index contributed by atoms with van der Waals surface area (Å²) in [6, 6.07) is 2.84. The van der Waals surface area contributed by atoms with E-state index in [4.69, 9.17) is 0 Å². The summed E-state index contributed by atoms with van der Waals surface area (Å²) >= 11 is 5.57. The zero-order valence-corrected chi connectivity index (χ0v) is 14.9. The van der Waals surface area contributed by atoms with Crippen molar-refractivity contribution in [2.45, 2.75) is 57.7 Å². The molecule has 1 aliphatic heterocycles. The fraction of sp³-hybridized carbons (Fsp3) is 0.750. The molecule has 0 amide bonds. The van der Waals surface area contributed by atoms with Gasteiger partial charge in [-0.25, -0.2) is 0 Å². The number of nitrogens with one attached hydrogen (secondary N) is 1. The Labute approximate surface area is 135 Å². The SMILES string of the molecule is CC(C)C1CNC2(CCCC2)CN1Cc1sccc1Br. The van der Waals surface area contributed by atoms with Crippen LogP contribution in [0.1, 0.15) is 44.4 Å². The number of hydrogen-bond donors (Lipinski definition) is 1. The van der Waals surface area contributed by atoms with E-state index < -0.39 is 0 Å². The first kappa shape index (κ1) is 15.0. The van der Waals surface area contributed by atoms with Crippen LogP contribution in [0.25, 0.3) is 0 Å². The summed E-state index contributed by atoms with van der Waals surface area (Å²) in [4.78, 5) is 4.22. The normalized spacial score (nSPS) is 26.7. The topological polar surface area (TPSA) is 15.3 Å². The van der Waals surface area contributed by atoms with Crippen molar-refractivity contribution < 1.29 is 0 Å². The first-order valence-corrected chi connectivity index (χ1v) is 9.48. The van der Waals surface area contributed by atoms with Crippen LogP contribution in [0.4, 0.5) is 0 Å². The lowest BCUT2D eigenvalue weighted by atomic mass is 9.89. The Hall–Kier alpha value is 0.100. The van der Waals surface area contributed by atoms with Crippen LogP contribution >= 0.6 is 27.3 Å².